The highest BCUT2D eigenvalue weighted by Gasteiger charge is 2.15. The quantitative estimate of drug-likeness (QED) is 0.335. The van der Waals surface area contributed by atoms with E-state index in [9.17, 15) is 14.5 Å². The zero-order chi connectivity index (χ0) is 21.1. The minimum atomic E-state index is -1.18. The molecule has 0 spiro atoms. The highest BCUT2D eigenvalue weighted by atomic mass is 32.2. The van der Waals surface area contributed by atoms with Gasteiger partial charge in [0.05, 0.1) is 22.6 Å². The molecule has 0 aliphatic rings. The number of aromatic carboxylic acids is 1. The third-order valence-corrected chi connectivity index (χ3v) is 5.13. The lowest BCUT2D eigenvalue weighted by atomic mass is 9.93. The van der Waals surface area contributed by atoms with Crippen molar-refractivity contribution >= 4 is 33.9 Å². The molecule has 1 heterocycles. The summed E-state index contributed by atoms with van der Waals surface area (Å²) in [6, 6.07) is 20.2. The minimum absolute atomic E-state index is 0.199. The lowest BCUT2D eigenvalue weighted by Crippen LogP contribution is -2.09. The first-order valence-corrected chi connectivity index (χ1v) is 10.7. The second-order valence-corrected chi connectivity index (χ2v) is 7.81. The number of rotatable bonds is 4. The molecule has 3 aromatic carbocycles. The Bertz CT molecular complexity index is 1300. The number of hydrogen-bond acceptors (Lipinski definition) is 3. The predicted octanol–water partition coefficient (Wildman–Crippen LogP) is 4.64. The van der Waals surface area contributed by atoms with Gasteiger partial charge in [0.2, 0.25) is 0 Å². The summed E-state index contributed by atoms with van der Waals surface area (Å²) in [6.45, 7) is 0. The number of carbonyl (C=O) groups is 1. The van der Waals surface area contributed by atoms with Gasteiger partial charge in [-0.15, -0.1) is 0 Å². The van der Waals surface area contributed by atoms with Gasteiger partial charge in [0.15, 0.2) is 0 Å². The molecule has 0 saturated heterocycles. The Labute approximate surface area is 177 Å². The zero-order valence-electron chi connectivity index (χ0n) is 16.1. The van der Waals surface area contributed by atoms with Gasteiger partial charge in [-0.25, -0.2) is 9.52 Å². The number of hydrogen-bond donors (Lipinski definition) is 3. The van der Waals surface area contributed by atoms with Crippen LogP contribution in [0.2, 0.25) is 0 Å². The van der Waals surface area contributed by atoms with Crippen molar-refractivity contribution in [3.8, 4) is 23.0 Å². The van der Waals surface area contributed by atoms with Gasteiger partial charge >= 0.3 is 5.97 Å². The average Bonchev–Trinajstić information content (AvgIpc) is 3.19. The number of benzene rings is 3. The van der Waals surface area contributed by atoms with Gasteiger partial charge in [-0.3, -0.25) is 0 Å². The fourth-order valence-corrected chi connectivity index (χ4v) is 3.77. The van der Waals surface area contributed by atoms with Crippen molar-refractivity contribution < 1.29 is 14.5 Å². The van der Waals surface area contributed by atoms with Crippen LogP contribution in [-0.2, 0) is 11.4 Å². The number of fused-ring (bicyclic) bond motifs is 1. The Morgan fingerprint density at radius 3 is 2.70 bits per heavy atom. The largest absolute Gasteiger partial charge is 0.593 e. The minimum Gasteiger partial charge on any atom is -0.593 e. The Balaban J connectivity index is 1.81. The van der Waals surface area contributed by atoms with Crippen LogP contribution < -0.4 is 4.72 Å². The van der Waals surface area contributed by atoms with Gasteiger partial charge in [0, 0.05) is 28.4 Å². The molecule has 0 fully saturated rings. The summed E-state index contributed by atoms with van der Waals surface area (Å²) in [7, 11) is 0. The molecule has 3 N–H and O–H groups in total. The molecular weight excluding hydrogens is 396 g/mol. The summed E-state index contributed by atoms with van der Waals surface area (Å²) in [5, 5.41) is 10.8. The molecular formula is C24H18N2O3S. The molecule has 4 aromatic rings. The zero-order valence-corrected chi connectivity index (χ0v) is 16.9. The van der Waals surface area contributed by atoms with Crippen molar-refractivity contribution in [3.05, 3.63) is 89.6 Å². The van der Waals surface area contributed by atoms with E-state index in [1.54, 1.807) is 24.5 Å². The molecule has 0 amide bonds. The summed E-state index contributed by atoms with van der Waals surface area (Å²) < 4.78 is 14.2. The number of H-pyrrole nitrogens is 1. The number of nitrogens with one attached hydrogen (secondary N) is 2. The number of anilines is 1. The van der Waals surface area contributed by atoms with Crippen LogP contribution in [0.25, 0.3) is 22.0 Å². The molecule has 0 radical (unpaired) electrons. The maximum atomic E-state index is 11.9. The van der Waals surface area contributed by atoms with Gasteiger partial charge in [0.25, 0.3) is 0 Å². The first kappa shape index (κ1) is 19.6. The third kappa shape index (κ3) is 4.18. The van der Waals surface area contributed by atoms with E-state index in [-0.39, 0.29) is 5.56 Å². The van der Waals surface area contributed by atoms with Crippen molar-refractivity contribution in [2.75, 3.05) is 11.0 Å². The summed E-state index contributed by atoms with van der Waals surface area (Å²) in [5.74, 6) is 5.21. The van der Waals surface area contributed by atoms with Crippen LogP contribution >= 0.6 is 0 Å². The third-order valence-electron chi connectivity index (χ3n) is 4.60. The molecule has 0 aliphatic heterocycles. The van der Waals surface area contributed by atoms with E-state index >= 15 is 0 Å². The lowest BCUT2D eigenvalue weighted by molar-refractivity contribution is 0.0697. The second-order valence-electron chi connectivity index (χ2n) is 6.70. The summed E-state index contributed by atoms with van der Waals surface area (Å²) in [5.41, 5.74) is 4.55. The predicted molar refractivity (Wildman–Crippen MR) is 121 cm³/mol. The lowest BCUT2D eigenvalue weighted by Gasteiger charge is -2.10. The maximum Gasteiger partial charge on any atom is 0.336 e. The molecule has 1 aromatic heterocycles. The monoisotopic (exact) mass is 414 g/mol. The maximum absolute atomic E-state index is 11.9. The first-order chi connectivity index (χ1) is 14.5. The van der Waals surface area contributed by atoms with E-state index in [4.69, 9.17) is 0 Å². The molecule has 148 valence electrons. The molecule has 0 bridgehead atoms. The van der Waals surface area contributed by atoms with E-state index in [1.807, 2.05) is 54.7 Å². The van der Waals surface area contributed by atoms with Crippen molar-refractivity contribution in [3.63, 3.8) is 0 Å². The van der Waals surface area contributed by atoms with E-state index in [1.165, 1.54) is 0 Å². The van der Waals surface area contributed by atoms with E-state index in [0.717, 1.165) is 22.0 Å². The molecule has 0 aliphatic carbocycles. The Morgan fingerprint density at radius 2 is 1.90 bits per heavy atom. The SMILES string of the molecule is C[S+]([O-])Nc1cccc(C#Cc2cccc(C(=O)O)c2-c2ccc3cc[nH]c3c2)c1. The Morgan fingerprint density at radius 1 is 1.07 bits per heavy atom. The standard InChI is InChI=1S/C24H18N2O3S/c1-30(29)26-20-6-2-4-16(14-20)8-9-18-5-3-7-21(24(27)28)23(18)19-11-10-17-12-13-25-22(17)15-19/h2-7,10-15,25-26H,1H3,(H,27,28). The van der Waals surface area contributed by atoms with Crippen molar-refractivity contribution in [1.29, 1.82) is 0 Å². The van der Waals surface area contributed by atoms with Gasteiger partial charge in [-0.05, 0) is 53.4 Å². The highest BCUT2D eigenvalue weighted by molar-refractivity contribution is 7.92. The van der Waals surface area contributed by atoms with Gasteiger partial charge in [-0.1, -0.05) is 36.1 Å². The van der Waals surface area contributed by atoms with E-state index in [2.05, 4.69) is 21.5 Å². The van der Waals surface area contributed by atoms with Gasteiger partial charge in [-0.2, -0.15) is 0 Å². The Hall–Kier alpha value is -3.66. The van der Waals surface area contributed by atoms with Gasteiger partial charge in [0.1, 0.15) is 6.26 Å². The topological polar surface area (TPSA) is 88.2 Å². The van der Waals surface area contributed by atoms with Gasteiger partial charge < -0.3 is 14.6 Å². The fraction of sp³-hybridized carbons (Fsp3) is 0.0417. The smallest absolute Gasteiger partial charge is 0.336 e. The fourth-order valence-electron chi connectivity index (χ4n) is 3.31. The molecule has 5 nitrogen and oxygen atoms in total. The number of aromatic amines is 1. The summed E-state index contributed by atoms with van der Waals surface area (Å²) in [6.07, 6.45) is 3.41. The number of aromatic nitrogens is 1. The highest BCUT2D eigenvalue weighted by Crippen LogP contribution is 2.30. The van der Waals surface area contributed by atoms with E-state index in [0.29, 0.717) is 16.8 Å². The number of carboxylic acid groups (broad SMARTS) is 1. The van der Waals surface area contributed by atoms with Crippen LogP contribution in [-0.4, -0.2) is 26.9 Å². The van der Waals surface area contributed by atoms with Crippen molar-refractivity contribution in [2.24, 2.45) is 0 Å². The van der Waals surface area contributed by atoms with Crippen molar-refractivity contribution in [1.82, 2.24) is 4.98 Å². The summed E-state index contributed by atoms with van der Waals surface area (Å²) >= 11 is -1.18. The van der Waals surface area contributed by atoms with Crippen LogP contribution in [0.15, 0.2) is 72.9 Å². The molecule has 1 unspecified atom stereocenters. The molecule has 1 atom stereocenters. The molecule has 6 heteroatoms. The average molecular weight is 414 g/mol. The van der Waals surface area contributed by atoms with Crippen LogP contribution in [0, 0.1) is 11.8 Å². The molecule has 4 rings (SSSR count). The summed E-state index contributed by atoms with van der Waals surface area (Å²) in [4.78, 5) is 15.1. The van der Waals surface area contributed by atoms with Crippen LogP contribution in [0.1, 0.15) is 21.5 Å². The van der Waals surface area contributed by atoms with Crippen LogP contribution in [0.5, 0.6) is 0 Å². The Kier molecular flexibility index (Phi) is 5.48. The van der Waals surface area contributed by atoms with Crippen molar-refractivity contribution in [2.45, 2.75) is 0 Å². The second kappa shape index (κ2) is 8.37. The van der Waals surface area contributed by atoms with E-state index < -0.39 is 17.3 Å². The molecule has 30 heavy (non-hydrogen) atoms. The normalized spacial score (nSPS) is 11.5. The first-order valence-electron chi connectivity index (χ1n) is 9.17. The van der Waals surface area contributed by atoms with Crippen LogP contribution in [0.3, 0.4) is 0 Å². The molecule has 0 saturated carbocycles. The van der Waals surface area contributed by atoms with Crippen LogP contribution in [0.4, 0.5) is 5.69 Å². The number of carboxylic acids is 1.